The van der Waals surface area contributed by atoms with Crippen molar-refractivity contribution in [3.05, 3.63) is 34.9 Å². The number of hydrogen-bond acceptors (Lipinski definition) is 6. The van der Waals surface area contributed by atoms with Crippen molar-refractivity contribution in [3.63, 3.8) is 0 Å². The van der Waals surface area contributed by atoms with Crippen molar-refractivity contribution in [1.29, 1.82) is 0 Å². The molecular weight excluding hydrogens is 397 g/mol. The molecule has 1 aromatic carbocycles. The van der Waals surface area contributed by atoms with E-state index in [2.05, 4.69) is 20.5 Å². The number of aromatic nitrogens is 3. The van der Waals surface area contributed by atoms with Crippen molar-refractivity contribution in [2.75, 3.05) is 18.5 Å². The number of aryl methyl sites for hydroxylation is 1. The maximum absolute atomic E-state index is 13.8. The van der Waals surface area contributed by atoms with Gasteiger partial charge in [0, 0.05) is 24.0 Å². The van der Waals surface area contributed by atoms with Crippen LogP contribution in [0.5, 0.6) is 0 Å². The first-order valence-electron chi connectivity index (χ1n) is 9.78. The molecule has 1 aliphatic carbocycles. The van der Waals surface area contributed by atoms with Gasteiger partial charge in [-0.3, -0.25) is 0 Å². The molecule has 0 unspecified atom stereocenters. The van der Waals surface area contributed by atoms with E-state index in [0.717, 1.165) is 12.8 Å². The van der Waals surface area contributed by atoms with Gasteiger partial charge in [-0.25, -0.2) is 4.98 Å². The van der Waals surface area contributed by atoms with Gasteiger partial charge >= 0.3 is 12.2 Å². The number of rotatable bonds is 6. The van der Waals surface area contributed by atoms with Crippen molar-refractivity contribution >= 4 is 16.9 Å². The minimum atomic E-state index is -4.52. The van der Waals surface area contributed by atoms with Gasteiger partial charge in [-0.15, -0.1) is 5.10 Å². The first-order chi connectivity index (χ1) is 14.1. The molecule has 0 bridgehead atoms. The molecule has 0 amide bonds. The molecular formula is C21H23F3N4O2. The van der Waals surface area contributed by atoms with Gasteiger partial charge in [-0.05, 0) is 55.0 Å². The fraction of sp³-hybridized carbons (Fsp3) is 0.476. The third kappa shape index (κ3) is 4.12. The van der Waals surface area contributed by atoms with Crippen molar-refractivity contribution in [1.82, 2.24) is 15.2 Å². The Balaban J connectivity index is 1.73. The smallest absolute Gasteiger partial charge is 0.402 e. The van der Waals surface area contributed by atoms with Crippen LogP contribution in [0.25, 0.3) is 22.5 Å². The number of nitrogens with zero attached hydrogens (tertiary/aromatic N) is 3. The summed E-state index contributed by atoms with van der Waals surface area (Å²) in [5.41, 5.74) is 0.310. The molecule has 0 atom stereocenters. The van der Waals surface area contributed by atoms with E-state index < -0.39 is 17.2 Å². The van der Waals surface area contributed by atoms with Crippen LogP contribution in [0.1, 0.15) is 49.3 Å². The van der Waals surface area contributed by atoms with Crippen LogP contribution in [-0.4, -0.2) is 33.4 Å². The summed E-state index contributed by atoms with van der Waals surface area (Å²) in [6.07, 6.45) is -2.69. The summed E-state index contributed by atoms with van der Waals surface area (Å²) >= 11 is 0. The molecule has 3 aromatic rings. The normalized spacial score (nSPS) is 15.0. The Bertz CT molecular complexity index is 1090. The van der Waals surface area contributed by atoms with Crippen LogP contribution in [0.15, 0.2) is 22.6 Å². The van der Waals surface area contributed by atoms with Gasteiger partial charge in [0.05, 0.1) is 11.1 Å². The predicted molar refractivity (Wildman–Crippen MR) is 106 cm³/mol. The monoisotopic (exact) mass is 420 g/mol. The van der Waals surface area contributed by atoms with E-state index in [0.29, 0.717) is 23.1 Å². The molecule has 0 spiro atoms. The van der Waals surface area contributed by atoms with E-state index in [1.165, 1.54) is 6.07 Å². The first-order valence-corrected chi connectivity index (χ1v) is 9.78. The second kappa shape index (κ2) is 7.23. The maximum atomic E-state index is 13.8. The summed E-state index contributed by atoms with van der Waals surface area (Å²) in [5, 5.41) is 20.6. The molecule has 6 nitrogen and oxygen atoms in total. The number of aliphatic hydroxyl groups excluding tert-OH is 1. The number of alkyl halides is 3. The predicted octanol–water partition coefficient (Wildman–Crippen LogP) is 4.92. The maximum Gasteiger partial charge on any atom is 0.418 e. The van der Waals surface area contributed by atoms with E-state index in [9.17, 15) is 18.3 Å². The summed E-state index contributed by atoms with van der Waals surface area (Å²) in [7, 11) is 0. The number of nitrogens with one attached hydrogen (secondary N) is 1. The van der Waals surface area contributed by atoms with Gasteiger partial charge in [0.15, 0.2) is 0 Å². The number of halogens is 3. The average molecular weight is 420 g/mol. The highest BCUT2D eigenvalue weighted by molar-refractivity contribution is 5.88. The molecule has 1 saturated carbocycles. The number of aliphatic hydroxyl groups is 1. The molecule has 30 heavy (non-hydrogen) atoms. The van der Waals surface area contributed by atoms with Crippen LogP contribution >= 0.6 is 0 Å². The first kappa shape index (κ1) is 20.6. The van der Waals surface area contributed by atoms with E-state index in [-0.39, 0.29) is 35.6 Å². The second-order valence-corrected chi connectivity index (χ2v) is 8.65. The number of fused-ring (bicyclic) bond motifs is 1. The fourth-order valence-corrected chi connectivity index (χ4v) is 3.26. The number of pyridine rings is 1. The number of benzene rings is 1. The van der Waals surface area contributed by atoms with Crippen LogP contribution in [0.2, 0.25) is 0 Å². The van der Waals surface area contributed by atoms with E-state index in [1.54, 1.807) is 13.0 Å². The Morgan fingerprint density at radius 1 is 1.17 bits per heavy atom. The van der Waals surface area contributed by atoms with Crippen LogP contribution in [0, 0.1) is 12.3 Å². The summed E-state index contributed by atoms with van der Waals surface area (Å²) in [6, 6.07) is 4.81. The highest BCUT2D eigenvalue weighted by Gasteiger charge is 2.36. The molecule has 0 saturated heterocycles. The highest BCUT2D eigenvalue weighted by Crippen LogP contribution is 2.45. The molecule has 4 rings (SSSR count). The van der Waals surface area contributed by atoms with Crippen molar-refractivity contribution in [2.24, 2.45) is 5.41 Å². The van der Waals surface area contributed by atoms with Gasteiger partial charge in [-0.2, -0.15) is 13.2 Å². The molecule has 2 heterocycles. The van der Waals surface area contributed by atoms with E-state index >= 15 is 0 Å². The molecule has 0 aliphatic heterocycles. The average Bonchev–Trinajstić information content (AvgIpc) is 3.42. The number of anilines is 1. The SMILES string of the molecule is Cc1cc(-c2nnc(NCC(C)(C)CO)o2)nc2c(C(F)(F)F)cc(C3CC3)cc12. The van der Waals surface area contributed by atoms with Crippen LogP contribution in [0.4, 0.5) is 19.2 Å². The van der Waals surface area contributed by atoms with Crippen molar-refractivity contribution in [2.45, 2.75) is 45.7 Å². The highest BCUT2D eigenvalue weighted by atomic mass is 19.4. The molecule has 2 aromatic heterocycles. The minimum absolute atomic E-state index is 0.0312. The molecule has 1 fully saturated rings. The summed E-state index contributed by atoms with van der Waals surface area (Å²) in [6.45, 7) is 5.83. The third-order valence-corrected chi connectivity index (χ3v) is 5.29. The Hall–Kier alpha value is -2.68. The largest absolute Gasteiger partial charge is 0.418 e. The molecule has 2 N–H and O–H groups in total. The fourth-order valence-electron chi connectivity index (χ4n) is 3.26. The van der Waals surface area contributed by atoms with Gasteiger partial charge in [0.25, 0.3) is 5.89 Å². The Kier molecular flexibility index (Phi) is 4.96. The molecule has 0 radical (unpaired) electrons. The molecule has 1 aliphatic rings. The molecule has 160 valence electrons. The zero-order valence-corrected chi connectivity index (χ0v) is 17.0. The summed E-state index contributed by atoms with van der Waals surface area (Å²) in [5.74, 6) is 0.228. The lowest BCUT2D eigenvalue weighted by molar-refractivity contribution is -0.136. The lowest BCUT2D eigenvalue weighted by Crippen LogP contribution is -2.26. The number of hydrogen-bond donors (Lipinski definition) is 2. The Morgan fingerprint density at radius 2 is 1.90 bits per heavy atom. The van der Waals surface area contributed by atoms with Gasteiger partial charge < -0.3 is 14.8 Å². The standard InChI is InChI=1S/C21H23F3N4O2/c1-11-6-16(18-27-28-19(30-18)25-9-20(2,3)10-29)26-17-14(11)7-13(12-4-5-12)8-15(17)21(22,23)24/h6-8,12,29H,4-5,9-10H2,1-3H3,(H,25,28). The van der Waals surface area contributed by atoms with Gasteiger partial charge in [0.1, 0.15) is 5.69 Å². The second-order valence-electron chi connectivity index (χ2n) is 8.65. The van der Waals surface area contributed by atoms with Crippen LogP contribution in [0.3, 0.4) is 0 Å². The molecule has 9 heteroatoms. The zero-order chi connectivity index (χ0) is 21.7. The minimum Gasteiger partial charge on any atom is -0.402 e. The lowest BCUT2D eigenvalue weighted by atomic mass is 9.95. The lowest BCUT2D eigenvalue weighted by Gasteiger charge is -2.20. The van der Waals surface area contributed by atoms with Gasteiger partial charge in [0.2, 0.25) is 0 Å². The Morgan fingerprint density at radius 3 is 2.53 bits per heavy atom. The van der Waals surface area contributed by atoms with Crippen molar-refractivity contribution < 1.29 is 22.7 Å². The van der Waals surface area contributed by atoms with Gasteiger partial charge in [-0.1, -0.05) is 18.9 Å². The quantitative estimate of drug-likeness (QED) is 0.589. The van der Waals surface area contributed by atoms with E-state index in [4.69, 9.17) is 4.42 Å². The van der Waals surface area contributed by atoms with Crippen LogP contribution < -0.4 is 5.32 Å². The summed E-state index contributed by atoms with van der Waals surface area (Å²) in [4.78, 5) is 4.25. The Labute approximate surface area is 171 Å². The third-order valence-electron chi connectivity index (χ3n) is 5.29. The topological polar surface area (TPSA) is 84.1 Å². The summed E-state index contributed by atoms with van der Waals surface area (Å²) < 4.78 is 46.9. The van der Waals surface area contributed by atoms with E-state index in [1.807, 2.05) is 19.9 Å². The van der Waals surface area contributed by atoms with Crippen LogP contribution in [-0.2, 0) is 6.18 Å². The zero-order valence-electron chi connectivity index (χ0n) is 17.0. The van der Waals surface area contributed by atoms with Crippen molar-refractivity contribution in [3.8, 4) is 11.6 Å².